The number of anilines is 1. The molecule has 1 aliphatic rings. The van der Waals surface area contributed by atoms with E-state index in [1.165, 1.54) is 0 Å². The monoisotopic (exact) mass is 208 g/mol. The zero-order chi connectivity index (χ0) is 10.5. The molecule has 1 atom stereocenters. The first-order chi connectivity index (χ1) is 7.40. The number of hydrogen-bond donors (Lipinski definition) is 1. The molecule has 1 aliphatic heterocycles. The van der Waals surface area contributed by atoms with Gasteiger partial charge in [0.1, 0.15) is 0 Å². The largest absolute Gasteiger partial charge is 0.373 e. The van der Waals surface area contributed by atoms with Crippen molar-refractivity contribution in [3.63, 3.8) is 0 Å². The fraction of sp³-hybridized carbons (Fsp3) is 0.600. The summed E-state index contributed by atoms with van der Waals surface area (Å²) in [7, 11) is 1.94. The van der Waals surface area contributed by atoms with Gasteiger partial charge in [0.05, 0.1) is 12.7 Å². The molecule has 2 heterocycles. The van der Waals surface area contributed by atoms with Crippen LogP contribution in [0, 0.1) is 0 Å². The first-order valence-corrected chi connectivity index (χ1v) is 5.19. The van der Waals surface area contributed by atoms with Crippen LogP contribution in [0.4, 0.5) is 5.82 Å². The van der Waals surface area contributed by atoms with Crippen LogP contribution in [0.1, 0.15) is 0 Å². The maximum atomic E-state index is 5.62. The quantitative estimate of drug-likeness (QED) is 0.752. The Labute approximate surface area is 89.4 Å². The van der Waals surface area contributed by atoms with Gasteiger partial charge in [-0.3, -0.25) is 0 Å². The molecule has 1 N–H and O–H groups in total. The lowest BCUT2D eigenvalue weighted by Gasteiger charge is -2.33. The van der Waals surface area contributed by atoms with Crippen molar-refractivity contribution in [3.05, 3.63) is 18.3 Å². The lowest BCUT2D eigenvalue weighted by Crippen LogP contribution is -2.46. The topological polar surface area (TPSA) is 50.3 Å². The summed E-state index contributed by atoms with van der Waals surface area (Å²) in [6, 6.07) is 3.89. The fourth-order valence-electron chi connectivity index (χ4n) is 1.74. The Balaban J connectivity index is 1.98. The van der Waals surface area contributed by atoms with Crippen LogP contribution in [0.2, 0.25) is 0 Å². The number of nitrogens with zero attached hydrogens (tertiary/aromatic N) is 3. The average molecular weight is 208 g/mol. The van der Waals surface area contributed by atoms with Crippen molar-refractivity contribution in [2.24, 2.45) is 0 Å². The van der Waals surface area contributed by atoms with Crippen molar-refractivity contribution in [1.29, 1.82) is 0 Å². The number of aromatic nitrogens is 2. The van der Waals surface area contributed by atoms with Crippen LogP contribution in [0.3, 0.4) is 0 Å². The summed E-state index contributed by atoms with van der Waals surface area (Å²) < 4.78 is 5.62. The number of likely N-dealkylation sites (N-methyl/N-ethyl adjacent to an activating group) is 1. The lowest BCUT2D eigenvalue weighted by atomic mass is 10.2. The van der Waals surface area contributed by atoms with Gasteiger partial charge in [0.15, 0.2) is 5.82 Å². The zero-order valence-electron chi connectivity index (χ0n) is 8.89. The maximum absolute atomic E-state index is 5.62. The molecule has 5 nitrogen and oxygen atoms in total. The highest BCUT2D eigenvalue weighted by molar-refractivity contribution is 5.36. The Morgan fingerprint density at radius 3 is 3.33 bits per heavy atom. The summed E-state index contributed by atoms with van der Waals surface area (Å²) >= 11 is 0. The molecular weight excluding hydrogens is 192 g/mol. The molecule has 1 aromatic heterocycles. The van der Waals surface area contributed by atoms with E-state index in [4.69, 9.17) is 4.74 Å². The predicted octanol–water partition coefficient (Wildman–Crippen LogP) is -0.0988. The van der Waals surface area contributed by atoms with E-state index in [9.17, 15) is 0 Å². The van der Waals surface area contributed by atoms with Gasteiger partial charge in [0.2, 0.25) is 0 Å². The molecule has 2 rings (SSSR count). The Kier molecular flexibility index (Phi) is 3.47. The van der Waals surface area contributed by atoms with Crippen molar-refractivity contribution < 1.29 is 4.74 Å². The summed E-state index contributed by atoms with van der Waals surface area (Å²) in [6.07, 6.45) is 1.93. The standard InChI is InChI=1S/C10H16N4O/c1-11-7-9-8-14(5-6-15-9)10-3-2-4-12-13-10/h2-4,9,11H,5-8H2,1H3. The van der Waals surface area contributed by atoms with Gasteiger partial charge in [-0.15, -0.1) is 5.10 Å². The minimum Gasteiger partial charge on any atom is -0.373 e. The van der Waals surface area contributed by atoms with E-state index < -0.39 is 0 Å². The van der Waals surface area contributed by atoms with E-state index in [-0.39, 0.29) is 6.10 Å². The fourth-order valence-corrected chi connectivity index (χ4v) is 1.74. The predicted molar refractivity (Wildman–Crippen MR) is 57.9 cm³/mol. The molecule has 0 radical (unpaired) electrons. The van der Waals surface area contributed by atoms with E-state index >= 15 is 0 Å². The molecule has 0 aliphatic carbocycles. The Morgan fingerprint density at radius 1 is 1.67 bits per heavy atom. The molecule has 0 aromatic carbocycles. The van der Waals surface area contributed by atoms with Crippen LogP contribution in [0.5, 0.6) is 0 Å². The van der Waals surface area contributed by atoms with Crippen LogP contribution < -0.4 is 10.2 Å². The number of hydrogen-bond acceptors (Lipinski definition) is 5. The highest BCUT2D eigenvalue weighted by Gasteiger charge is 2.20. The third kappa shape index (κ3) is 2.64. The van der Waals surface area contributed by atoms with Crippen molar-refractivity contribution in [1.82, 2.24) is 15.5 Å². The summed E-state index contributed by atoms with van der Waals surface area (Å²) in [5, 5.41) is 11.1. The number of rotatable bonds is 3. The molecule has 1 aromatic rings. The lowest BCUT2D eigenvalue weighted by molar-refractivity contribution is 0.0418. The summed E-state index contributed by atoms with van der Waals surface area (Å²) in [5.74, 6) is 0.932. The highest BCUT2D eigenvalue weighted by atomic mass is 16.5. The molecule has 82 valence electrons. The second kappa shape index (κ2) is 5.04. The number of morpholine rings is 1. The van der Waals surface area contributed by atoms with Gasteiger partial charge in [-0.25, -0.2) is 0 Å². The minimum atomic E-state index is 0.241. The van der Waals surface area contributed by atoms with Crippen molar-refractivity contribution in [2.75, 3.05) is 38.2 Å². The van der Waals surface area contributed by atoms with Gasteiger partial charge >= 0.3 is 0 Å². The molecule has 0 spiro atoms. The molecule has 1 saturated heterocycles. The SMILES string of the molecule is CNCC1CN(c2cccnn2)CCO1. The van der Waals surface area contributed by atoms with E-state index in [2.05, 4.69) is 20.4 Å². The highest BCUT2D eigenvalue weighted by Crippen LogP contribution is 2.12. The van der Waals surface area contributed by atoms with E-state index in [1.54, 1.807) is 6.20 Å². The summed E-state index contributed by atoms with van der Waals surface area (Å²) in [6.45, 7) is 3.39. The smallest absolute Gasteiger partial charge is 0.151 e. The molecule has 0 saturated carbocycles. The summed E-state index contributed by atoms with van der Waals surface area (Å²) in [5.41, 5.74) is 0. The van der Waals surface area contributed by atoms with Crippen LogP contribution in [0.25, 0.3) is 0 Å². The van der Waals surface area contributed by atoms with Crippen LogP contribution >= 0.6 is 0 Å². The normalized spacial score (nSPS) is 21.7. The van der Waals surface area contributed by atoms with E-state index in [1.807, 2.05) is 19.2 Å². The van der Waals surface area contributed by atoms with Crippen LogP contribution in [-0.4, -0.2) is 49.6 Å². The average Bonchev–Trinajstić information content (AvgIpc) is 2.31. The number of nitrogens with one attached hydrogen (secondary N) is 1. The van der Waals surface area contributed by atoms with Gasteiger partial charge in [-0.2, -0.15) is 5.10 Å². The van der Waals surface area contributed by atoms with Gasteiger partial charge in [0, 0.05) is 25.8 Å². The Morgan fingerprint density at radius 2 is 2.60 bits per heavy atom. The van der Waals surface area contributed by atoms with Gasteiger partial charge in [-0.1, -0.05) is 0 Å². The van der Waals surface area contributed by atoms with Gasteiger partial charge in [-0.05, 0) is 19.2 Å². The first-order valence-electron chi connectivity index (χ1n) is 5.19. The van der Waals surface area contributed by atoms with E-state index in [0.29, 0.717) is 0 Å². The van der Waals surface area contributed by atoms with Crippen molar-refractivity contribution in [2.45, 2.75) is 6.10 Å². The third-order valence-corrected chi connectivity index (χ3v) is 2.45. The van der Waals surface area contributed by atoms with E-state index in [0.717, 1.165) is 32.1 Å². The Hall–Kier alpha value is -1.20. The number of ether oxygens (including phenoxy) is 1. The van der Waals surface area contributed by atoms with Crippen molar-refractivity contribution in [3.8, 4) is 0 Å². The van der Waals surface area contributed by atoms with Gasteiger partial charge < -0.3 is 15.0 Å². The second-order valence-corrected chi connectivity index (χ2v) is 3.58. The Bertz CT molecular complexity index is 291. The molecule has 15 heavy (non-hydrogen) atoms. The second-order valence-electron chi connectivity index (χ2n) is 3.58. The molecule has 5 heteroatoms. The maximum Gasteiger partial charge on any atom is 0.151 e. The molecule has 0 bridgehead atoms. The van der Waals surface area contributed by atoms with Crippen LogP contribution in [0.15, 0.2) is 18.3 Å². The molecule has 1 fully saturated rings. The van der Waals surface area contributed by atoms with Crippen molar-refractivity contribution >= 4 is 5.82 Å². The minimum absolute atomic E-state index is 0.241. The molecule has 1 unspecified atom stereocenters. The molecule has 0 amide bonds. The summed E-state index contributed by atoms with van der Waals surface area (Å²) in [4.78, 5) is 2.21. The molecular formula is C10H16N4O. The first kappa shape index (κ1) is 10.3. The zero-order valence-corrected chi connectivity index (χ0v) is 8.89. The van der Waals surface area contributed by atoms with Crippen LogP contribution in [-0.2, 0) is 4.74 Å². The van der Waals surface area contributed by atoms with Gasteiger partial charge in [0.25, 0.3) is 0 Å². The third-order valence-electron chi connectivity index (χ3n) is 2.45.